The van der Waals surface area contributed by atoms with Crippen LogP contribution < -0.4 is 5.32 Å². The summed E-state index contributed by atoms with van der Waals surface area (Å²) in [5, 5.41) is 29.4. The van der Waals surface area contributed by atoms with E-state index < -0.39 is 11.6 Å². The van der Waals surface area contributed by atoms with Gasteiger partial charge in [0.15, 0.2) is 0 Å². The fourth-order valence-electron chi connectivity index (χ4n) is 7.32. The number of thioether (sulfide) groups is 1. The van der Waals surface area contributed by atoms with Gasteiger partial charge in [0.25, 0.3) is 5.91 Å². The van der Waals surface area contributed by atoms with Gasteiger partial charge >= 0.3 is 5.97 Å². The summed E-state index contributed by atoms with van der Waals surface area (Å²) in [7, 11) is 0. The van der Waals surface area contributed by atoms with Crippen molar-refractivity contribution in [3.05, 3.63) is 41.6 Å². The third kappa shape index (κ3) is 4.40. The minimum atomic E-state index is -0.964. The highest BCUT2D eigenvalue weighted by Crippen LogP contribution is 2.55. The maximum atomic E-state index is 13.6. The number of carboxylic acid groups (broad SMARTS) is 1. The molecule has 5 fully saturated rings. The minimum Gasteiger partial charge on any atom is -0.478 e. The number of benzene rings is 1. The summed E-state index contributed by atoms with van der Waals surface area (Å²) in [5.41, 5.74) is 1.05. The molecule has 7 rings (SSSR count). The summed E-state index contributed by atoms with van der Waals surface area (Å²) in [6.45, 7) is 0. The van der Waals surface area contributed by atoms with Crippen LogP contribution in [0.15, 0.2) is 35.5 Å². The third-order valence-electron chi connectivity index (χ3n) is 8.70. The number of nitrogens with one attached hydrogen (secondary N) is 1. The van der Waals surface area contributed by atoms with Gasteiger partial charge in [0, 0.05) is 11.3 Å². The summed E-state index contributed by atoms with van der Waals surface area (Å²) in [5.74, 6) is 0.251. The lowest BCUT2D eigenvalue weighted by molar-refractivity contribution is -0.136. The molecule has 5 saturated carbocycles. The Balaban J connectivity index is 1.28. The zero-order chi connectivity index (χ0) is 24.2. The molecule has 3 N–H and O–H groups in total. The van der Waals surface area contributed by atoms with Crippen LogP contribution in [0.1, 0.15) is 84.9 Å². The second-order valence-corrected chi connectivity index (χ2v) is 12.5. The predicted octanol–water partition coefficient (Wildman–Crippen LogP) is 4.66. The first-order chi connectivity index (χ1) is 16.9. The number of amides is 1. The number of hydrogen-bond acceptors (Lipinski definition) is 5. The highest BCUT2D eigenvalue weighted by molar-refractivity contribution is 8.00. The van der Waals surface area contributed by atoms with E-state index in [9.17, 15) is 19.8 Å². The average Bonchev–Trinajstić information content (AvgIpc) is 3.24. The molecular weight excluding hydrogens is 462 g/mol. The van der Waals surface area contributed by atoms with Crippen LogP contribution in [0.2, 0.25) is 0 Å². The number of rotatable bonds is 6. The summed E-state index contributed by atoms with van der Waals surface area (Å²) < 4.78 is 1.79. The van der Waals surface area contributed by atoms with Crippen LogP contribution >= 0.6 is 11.8 Å². The zero-order valence-corrected chi connectivity index (χ0v) is 20.7. The van der Waals surface area contributed by atoms with Crippen molar-refractivity contribution in [2.75, 3.05) is 0 Å². The average molecular weight is 496 g/mol. The molecular formula is C27H33N3O4S. The first-order valence-electron chi connectivity index (χ1n) is 13.0. The first kappa shape index (κ1) is 23.1. The molecule has 35 heavy (non-hydrogen) atoms. The summed E-state index contributed by atoms with van der Waals surface area (Å²) >= 11 is 1.73. The molecule has 0 saturated heterocycles. The Morgan fingerprint density at radius 2 is 1.71 bits per heavy atom. The van der Waals surface area contributed by atoms with Gasteiger partial charge in [-0.1, -0.05) is 19.3 Å². The second kappa shape index (κ2) is 8.96. The largest absolute Gasteiger partial charge is 0.478 e. The number of aliphatic hydroxyl groups is 1. The first-order valence-corrected chi connectivity index (χ1v) is 13.9. The number of carbonyl (C=O) groups is 2. The van der Waals surface area contributed by atoms with Crippen LogP contribution in [0.4, 0.5) is 0 Å². The monoisotopic (exact) mass is 495 g/mol. The van der Waals surface area contributed by atoms with Crippen LogP contribution in [-0.2, 0) is 0 Å². The van der Waals surface area contributed by atoms with Crippen molar-refractivity contribution in [2.24, 2.45) is 17.8 Å². The van der Waals surface area contributed by atoms with Crippen molar-refractivity contribution < 1.29 is 19.8 Å². The fraction of sp³-hybridized carbons (Fsp3) is 0.593. The topological polar surface area (TPSA) is 104 Å². The maximum absolute atomic E-state index is 13.6. The quantitative estimate of drug-likeness (QED) is 0.538. The van der Waals surface area contributed by atoms with Crippen molar-refractivity contribution in [3.63, 3.8) is 0 Å². The van der Waals surface area contributed by atoms with Gasteiger partial charge in [-0.2, -0.15) is 5.10 Å². The molecule has 2 aromatic rings. The minimum absolute atomic E-state index is 0.0822. The number of aromatic carboxylic acids is 1. The maximum Gasteiger partial charge on any atom is 0.335 e. The smallest absolute Gasteiger partial charge is 0.335 e. The molecule has 186 valence electrons. The molecule has 7 nitrogen and oxygen atoms in total. The second-order valence-electron chi connectivity index (χ2n) is 11.2. The van der Waals surface area contributed by atoms with E-state index in [0.29, 0.717) is 28.6 Å². The Labute approximate surface area is 209 Å². The van der Waals surface area contributed by atoms with E-state index >= 15 is 0 Å². The summed E-state index contributed by atoms with van der Waals surface area (Å²) in [6, 6.07) is 6.77. The molecule has 8 heteroatoms. The van der Waals surface area contributed by atoms with Crippen LogP contribution in [0.25, 0.3) is 5.69 Å². The molecule has 1 aromatic heterocycles. The molecule has 5 aliphatic carbocycles. The summed E-state index contributed by atoms with van der Waals surface area (Å²) in [4.78, 5) is 24.9. The molecule has 1 aromatic carbocycles. The van der Waals surface area contributed by atoms with Gasteiger partial charge in [0.05, 0.1) is 28.6 Å². The number of aromatic nitrogens is 2. The Morgan fingerprint density at radius 1 is 1.03 bits per heavy atom. The van der Waals surface area contributed by atoms with Crippen LogP contribution in [0.3, 0.4) is 0 Å². The van der Waals surface area contributed by atoms with Crippen LogP contribution in [0.5, 0.6) is 0 Å². The van der Waals surface area contributed by atoms with Crippen molar-refractivity contribution >= 4 is 23.6 Å². The molecule has 0 radical (unpaired) electrons. The van der Waals surface area contributed by atoms with E-state index in [-0.39, 0.29) is 17.5 Å². The van der Waals surface area contributed by atoms with Crippen LogP contribution in [-0.4, -0.2) is 48.8 Å². The van der Waals surface area contributed by atoms with Gasteiger partial charge < -0.3 is 15.5 Å². The van der Waals surface area contributed by atoms with E-state index in [1.165, 1.54) is 19.3 Å². The van der Waals surface area contributed by atoms with Crippen molar-refractivity contribution in [1.29, 1.82) is 0 Å². The van der Waals surface area contributed by atoms with Crippen molar-refractivity contribution in [1.82, 2.24) is 15.1 Å². The van der Waals surface area contributed by atoms with E-state index in [1.54, 1.807) is 46.9 Å². The van der Waals surface area contributed by atoms with Gasteiger partial charge in [-0.15, -0.1) is 11.8 Å². The summed E-state index contributed by atoms with van der Waals surface area (Å²) in [6.07, 6.45) is 12.3. The Hall–Kier alpha value is -2.32. The normalized spacial score (nSPS) is 32.0. The molecule has 0 aliphatic heterocycles. The molecule has 2 unspecified atom stereocenters. The van der Waals surface area contributed by atoms with Gasteiger partial charge in [0.2, 0.25) is 0 Å². The van der Waals surface area contributed by atoms with Crippen molar-refractivity contribution in [3.8, 4) is 5.69 Å². The lowest BCUT2D eigenvalue weighted by Crippen LogP contribution is -2.61. The third-order valence-corrected chi connectivity index (χ3v) is 10.1. The van der Waals surface area contributed by atoms with Gasteiger partial charge in [-0.25, -0.2) is 9.48 Å². The van der Waals surface area contributed by atoms with Crippen LogP contribution in [0, 0.1) is 17.8 Å². The predicted molar refractivity (Wildman–Crippen MR) is 133 cm³/mol. The molecule has 1 heterocycles. The Bertz CT molecular complexity index is 1110. The molecule has 0 spiro atoms. The molecule has 4 bridgehead atoms. The van der Waals surface area contributed by atoms with Gasteiger partial charge in [-0.05, 0) is 87.0 Å². The van der Waals surface area contributed by atoms with E-state index in [0.717, 1.165) is 55.7 Å². The molecule has 1 amide bonds. The Morgan fingerprint density at radius 3 is 2.34 bits per heavy atom. The van der Waals surface area contributed by atoms with Gasteiger partial charge in [-0.3, -0.25) is 4.79 Å². The highest BCUT2D eigenvalue weighted by atomic mass is 32.2. The SMILES string of the molecule is O=C(O)c1ccc(-n2ncc(C(=O)NC3C4CC5CC3CC(O)(C5)C4)c2SC2CCCCC2)cc1. The molecule has 2 atom stereocenters. The van der Waals surface area contributed by atoms with Crippen molar-refractivity contribution in [2.45, 2.75) is 86.1 Å². The molecule has 5 aliphatic rings. The number of carbonyl (C=O) groups excluding carboxylic acids is 1. The Kier molecular flexibility index (Phi) is 5.92. The number of carboxylic acids is 1. The van der Waals surface area contributed by atoms with E-state index in [1.807, 2.05) is 0 Å². The van der Waals surface area contributed by atoms with E-state index in [4.69, 9.17) is 0 Å². The van der Waals surface area contributed by atoms with E-state index in [2.05, 4.69) is 10.4 Å². The lowest BCUT2D eigenvalue weighted by atomic mass is 9.52. The number of nitrogens with zero attached hydrogens (tertiary/aromatic N) is 2. The fourth-order valence-corrected chi connectivity index (χ4v) is 8.73. The van der Waals surface area contributed by atoms with Gasteiger partial charge in [0.1, 0.15) is 5.03 Å². The zero-order valence-electron chi connectivity index (χ0n) is 19.9. The standard InChI is InChI=1S/C27H33N3O4S/c31-24(29-23-18-10-16-11-19(23)14-27(34,12-16)13-18)22-15-28-30(20-8-6-17(7-9-20)26(32)33)25(22)35-21-4-2-1-3-5-21/h6-9,15-16,18-19,21,23,34H,1-5,10-14H2,(H,29,31)(H,32,33). The lowest BCUT2D eigenvalue weighted by Gasteiger charge is -2.58. The number of hydrogen-bond donors (Lipinski definition) is 3. The highest BCUT2D eigenvalue weighted by Gasteiger charge is 2.55.